The molecule has 0 bridgehead atoms. The third-order valence-electron chi connectivity index (χ3n) is 1.51. The van der Waals surface area contributed by atoms with Gasteiger partial charge in [-0.25, -0.2) is 4.39 Å². The molecule has 0 aromatic rings. The van der Waals surface area contributed by atoms with Crippen molar-refractivity contribution in [2.24, 2.45) is 0 Å². The fraction of sp³-hybridized carbons (Fsp3) is 0.333. The topological polar surface area (TPSA) is 12.0 Å². The first-order chi connectivity index (χ1) is 5.65. The zero-order chi connectivity index (χ0) is 9.56. The summed E-state index contributed by atoms with van der Waals surface area (Å²) >= 11 is 0. The van der Waals surface area contributed by atoms with Gasteiger partial charge in [-0.2, -0.15) is 0 Å². The van der Waals surface area contributed by atoms with E-state index >= 15 is 0 Å². The number of nitrogens with one attached hydrogen (secondary N) is 1. The van der Waals surface area contributed by atoms with E-state index in [0.717, 1.165) is 16.6 Å². The van der Waals surface area contributed by atoms with Gasteiger partial charge in [0.15, 0.2) is 0 Å². The lowest BCUT2D eigenvalue weighted by Gasteiger charge is -2.02. The molecule has 1 nitrogen and oxygen atoms in total. The summed E-state index contributed by atoms with van der Waals surface area (Å²) in [5.41, 5.74) is 1.60. The van der Waals surface area contributed by atoms with Crippen LogP contribution in [0.25, 0.3) is 0 Å². The Morgan fingerprint density at radius 1 is 1.67 bits per heavy atom. The minimum absolute atomic E-state index is 0.413. The third kappa shape index (κ3) is 3.68. The van der Waals surface area contributed by atoms with Crippen molar-refractivity contribution >= 4 is 9.24 Å². The van der Waals surface area contributed by atoms with Gasteiger partial charge in [0.2, 0.25) is 0 Å². The van der Waals surface area contributed by atoms with Crippen LogP contribution in [0.2, 0.25) is 0 Å². The Bertz CT molecular complexity index is 219. The number of alkyl halides is 1. The lowest BCUT2D eigenvalue weighted by atomic mass is 10.2. The van der Waals surface area contributed by atoms with Gasteiger partial charge in [0.25, 0.3) is 0 Å². The van der Waals surface area contributed by atoms with Crippen molar-refractivity contribution < 1.29 is 4.39 Å². The minimum Gasteiger partial charge on any atom is -0.388 e. The first-order valence-electron chi connectivity index (χ1n) is 3.68. The van der Waals surface area contributed by atoms with Crippen LogP contribution in [0.5, 0.6) is 0 Å². The molecule has 3 heteroatoms. The summed E-state index contributed by atoms with van der Waals surface area (Å²) in [6, 6.07) is 0. The van der Waals surface area contributed by atoms with Crippen LogP contribution >= 0.6 is 9.24 Å². The standard InChI is InChI=1S/C9H15FNP/c1-4-8(11-3)5-9(12)7(2)6-10/h4-5,11H,1,6,12H2,2-3H3/b8-5+,9-7+. The van der Waals surface area contributed by atoms with E-state index in [2.05, 4.69) is 21.1 Å². The highest BCUT2D eigenvalue weighted by molar-refractivity contribution is 7.23. The summed E-state index contributed by atoms with van der Waals surface area (Å²) in [6.45, 7) is 4.96. The number of likely N-dealkylation sites (N-methyl/N-ethyl adjacent to an activating group) is 1. The third-order valence-corrected chi connectivity index (χ3v) is 2.17. The predicted molar refractivity (Wildman–Crippen MR) is 55.7 cm³/mol. The van der Waals surface area contributed by atoms with Gasteiger partial charge in [0.1, 0.15) is 6.67 Å². The maximum absolute atomic E-state index is 12.1. The van der Waals surface area contributed by atoms with Crippen molar-refractivity contribution in [1.29, 1.82) is 0 Å². The molecule has 0 aromatic heterocycles. The Morgan fingerprint density at radius 2 is 2.25 bits per heavy atom. The normalized spacial score (nSPS) is 13.8. The molecule has 0 radical (unpaired) electrons. The highest BCUT2D eigenvalue weighted by Gasteiger charge is 1.93. The number of hydrogen-bond donors (Lipinski definition) is 1. The van der Waals surface area contributed by atoms with E-state index in [1.165, 1.54) is 0 Å². The smallest absolute Gasteiger partial charge is 0.111 e. The Kier molecular flexibility index (Phi) is 5.65. The lowest BCUT2D eigenvalue weighted by molar-refractivity contribution is 0.543. The van der Waals surface area contributed by atoms with Crippen LogP contribution in [0, 0.1) is 0 Å². The van der Waals surface area contributed by atoms with Crippen molar-refractivity contribution in [2.45, 2.75) is 6.92 Å². The van der Waals surface area contributed by atoms with Gasteiger partial charge in [0, 0.05) is 12.7 Å². The number of hydrogen-bond acceptors (Lipinski definition) is 1. The fourth-order valence-electron chi connectivity index (χ4n) is 0.601. The second kappa shape index (κ2) is 5.96. The van der Waals surface area contributed by atoms with E-state index < -0.39 is 6.67 Å². The quantitative estimate of drug-likeness (QED) is 0.526. The molecule has 0 aromatic carbocycles. The van der Waals surface area contributed by atoms with Gasteiger partial charge in [-0.15, -0.1) is 9.24 Å². The summed E-state index contributed by atoms with van der Waals surface area (Å²) in [4.78, 5) is 0. The molecular formula is C9H15FNP. The van der Waals surface area contributed by atoms with Crippen molar-refractivity contribution in [3.63, 3.8) is 0 Å². The van der Waals surface area contributed by atoms with Crippen molar-refractivity contribution in [2.75, 3.05) is 13.7 Å². The molecule has 1 N–H and O–H groups in total. The number of halogens is 1. The molecular weight excluding hydrogens is 172 g/mol. The van der Waals surface area contributed by atoms with E-state index in [0.29, 0.717) is 0 Å². The Morgan fingerprint density at radius 3 is 2.58 bits per heavy atom. The Hall–Kier alpha value is -0.620. The van der Waals surface area contributed by atoms with E-state index in [4.69, 9.17) is 0 Å². The van der Waals surface area contributed by atoms with Gasteiger partial charge in [-0.05, 0) is 30.0 Å². The molecule has 1 unspecified atom stereocenters. The van der Waals surface area contributed by atoms with Crippen LogP contribution in [-0.4, -0.2) is 13.7 Å². The summed E-state index contributed by atoms with van der Waals surface area (Å²) in [6.07, 6.45) is 3.53. The zero-order valence-corrected chi connectivity index (χ0v) is 8.68. The van der Waals surface area contributed by atoms with Crippen LogP contribution in [-0.2, 0) is 0 Å². The monoisotopic (exact) mass is 187 g/mol. The second-order valence-corrected chi connectivity index (χ2v) is 3.05. The summed E-state index contributed by atoms with van der Waals surface area (Å²) in [5, 5.41) is 3.80. The molecule has 0 aliphatic heterocycles. The molecule has 0 saturated carbocycles. The molecule has 68 valence electrons. The zero-order valence-electron chi connectivity index (χ0n) is 7.52. The van der Waals surface area contributed by atoms with Gasteiger partial charge in [0.05, 0.1) is 0 Å². The van der Waals surface area contributed by atoms with Gasteiger partial charge in [-0.3, -0.25) is 0 Å². The van der Waals surface area contributed by atoms with E-state index in [-0.39, 0.29) is 0 Å². The van der Waals surface area contributed by atoms with E-state index in [1.54, 1.807) is 20.0 Å². The van der Waals surface area contributed by atoms with Crippen LogP contribution in [0.1, 0.15) is 6.92 Å². The number of allylic oxidation sites excluding steroid dienone is 4. The molecule has 12 heavy (non-hydrogen) atoms. The molecule has 0 spiro atoms. The molecule has 0 heterocycles. The summed E-state index contributed by atoms with van der Waals surface area (Å²) < 4.78 is 12.1. The van der Waals surface area contributed by atoms with Crippen LogP contribution in [0.4, 0.5) is 4.39 Å². The first kappa shape index (κ1) is 11.4. The second-order valence-electron chi connectivity index (χ2n) is 2.42. The van der Waals surface area contributed by atoms with Crippen LogP contribution < -0.4 is 5.32 Å². The molecule has 1 atom stereocenters. The van der Waals surface area contributed by atoms with E-state index in [1.807, 2.05) is 6.08 Å². The lowest BCUT2D eigenvalue weighted by Crippen LogP contribution is -2.02. The highest BCUT2D eigenvalue weighted by Crippen LogP contribution is 2.15. The average Bonchev–Trinajstić information content (AvgIpc) is 2.12. The first-order valence-corrected chi connectivity index (χ1v) is 4.26. The summed E-state index contributed by atoms with van der Waals surface area (Å²) in [7, 11) is 4.30. The predicted octanol–water partition coefficient (Wildman–Crippen LogP) is 2.39. The molecule has 0 aliphatic carbocycles. The molecule has 0 fully saturated rings. The molecule has 0 saturated heterocycles. The highest BCUT2D eigenvalue weighted by atomic mass is 31.0. The SMILES string of the molecule is C=C/C(=C\C(P)=C(\C)CF)NC. The van der Waals surface area contributed by atoms with Crippen LogP contribution in [0.3, 0.4) is 0 Å². The summed E-state index contributed by atoms with van der Waals surface area (Å²) in [5.74, 6) is 0. The minimum atomic E-state index is -0.413. The van der Waals surface area contributed by atoms with Crippen molar-refractivity contribution in [3.05, 3.63) is 35.3 Å². The number of rotatable bonds is 4. The molecule has 0 rings (SSSR count). The molecule has 0 aliphatic rings. The fourth-order valence-corrected chi connectivity index (χ4v) is 0.858. The van der Waals surface area contributed by atoms with Gasteiger partial charge in [-0.1, -0.05) is 6.58 Å². The average molecular weight is 187 g/mol. The van der Waals surface area contributed by atoms with Gasteiger partial charge < -0.3 is 5.32 Å². The van der Waals surface area contributed by atoms with E-state index in [9.17, 15) is 4.39 Å². The van der Waals surface area contributed by atoms with Crippen molar-refractivity contribution in [3.8, 4) is 0 Å². The maximum atomic E-state index is 12.1. The van der Waals surface area contributed by atoms with Crippen LogP contribution in [0.15, 0.2) is 35.3 Å². The maximum Gasteiger partial charge on any atom is 0.111 e. The largest absolute Gasteiger partial charge is 0.388 e. The van der Waals surface area contributed by atoms with Crippen molar-refractivity contribution in [1.82, 2.24) is 5.32 Å². The Balaban J connectivity index is 4.60. The van der Waals surface area contributed by atoms with Gasteiger partial charge >= 0.3 is 0 Å². The molecule has 0 amide bonds. The Labute approximate surface area is 75.6 Å².